The highest BCUT2D eigenvalue weighted by atomic mass is 35.5. The van der Waals surface area contributed by atoms with E-state index >= 15 is 0 Å². The maximum Gasteiger partial charge on any atom is 0.220 e. The van der Waals surface area contributed by atoms with E-state index in [4.69, 9.17) is 17.3 Å². The van der Waals surface area contributed by atoms with Crippen LogP contribution < -0.4 is 5.73 Å². The molecule has 0 aliphatic heterocycles. The van der Waals surface area contributed by atoms with Crippen molar-refractivity contribution < 1.29 is 9.90 Å². The van der Waals surface area contributed by atoms with Crippen molar-refractivity contribution in [1.82, 2.24) is 0 Å². The fraction of sp³-hybridized carbons (Fsp3) is 0.857. The summed E-state index contributed by atoms with van der Waals surface area (Å²) in [5.74, 6) is -0.380. The van der Waals surface area contributed by atoms with E-state index in [1.165, 1.54) is 0 Å². The number of carbonyl (C=O) groups is 1. The predicted octanol–water partition coefficient (Wildman–Crippen LogP) is 0.486. The zero-order valence-electron chi connectivity index (χ0n) is 6.75. The van der Waals surface area contributed by atoms with Gasteiger partial charge in [-0.15, -0.1) is 11.6 Å². The van der Waals surface area contributed by atoms with E-state index < -0.39 is 17.4 Å². The van der Waals surface area contributed by atoms with Gasteiger partial charge in [-0.05, 0) is 5.92 Å². The number of aliphatic hydroxyl groups excluding tert-OH is 1. The summed E-state index contributed by atoms with van der Waals surface area (Å²) >= 11 is 5.75. The van der Waals surface area contributed by atoms with Crippen LogP contribution in [0.3, 0.4) is 0 Å². The quantitative estimate of drug-likeness (QED) is 0.617. The van der Waals surface area contributed by atoms with Crippen molar-refractivity contribution in [1.29, 1.82) is 0 Å². The van der Waals surface area contributed by atoms with Gasteiger partial charge in [0.25, 0.3) is 0 Å². The standard InChI is InChI=1S/C7H14ClNO2/c1-4(2)7(8)5(10)3-6(9)11/h4-5,7,10H,3H2,1-2H3,(H2,9,11). The molecule has 0 aromatic carbocycles. The second kappa shape index (κ2) is 4.57. The number of halogens is 1. The topological polar surface area (TPSA) is 63.3 Å². The van der Waals surface area contributed by atoms with Crippen LogP contribution in [-0.4, -0.2) is 22.5 Å². The minimum atomic E-state index is -0.825. The zero-order chi connectivity index (χ0) is 9.02. The molecule has 66 valence electrons. The molecule has 0 aromatic heterocycles. The summed E-state index contributed by atoms with van der Waals surface area (Å²) in [6, 6.07) is 0. The molecule has 0 aromatic rings. The van der Waals surface area contributed by atoms with Crippen molar-refractivity contribution in [2.45, 2.75) is 31.7 Å². The predicted molar refractivity (Wildman–Crippen MR) is 44.3 cm³/mol. The van der Waals surface area contributed by atoms with Gasteiger partial charge in [0.05, 0.1) is 17.9 Å². The lowest BCUT2D eigenvalue weighted by atomic mass is 10.0. The SMILES string of the molecule is CC(C)C(Cl)C(O)CC(N)=O. The Morgan fingerprint density at radius 1 is 1.64 bits per heavy atom. The highest BCUT2D eigenvalue weighted by Crippen LogP contribution is 2.15. The maximum atomic E-state index is 10.3. The third-order valence-electron chi connectivity index (χ3n) is 1.41. The van der Waals surface area contributed by atoms with Crippen LogP contribution in [0.4, 0.5) is 0 Å². The molecule has 0 heterocycles. The fourth-order valence-electron chi connectivity index (χ4n) is 0.763. The molecule has 0 aliphatic rings. The van der Waals surface area contributed by atoms with E-state index in [9.17, 15) is 9.90 Å². The average Bonchev–Trinajstić information content (AvgIpc) is 1.84. The van der Waals surface area contributed by atoms with Gasteiger partial charge in [0, 0.05) is 0 Å². The monoisotopic (exact) mass is 179 g/mol. The van der Waals surface area contributed by atoms with Crippen LogP contribution in [0.2, 0.25) is 0 Å². The molecule has 1 amide bonds. The van der Waals surface area contributed by atoms with Crippen molar-refractivity contribution in [3.8, 4) is 0 Å². The van der Waals surface area contributed by atoms with E-state index in [1.807, 2.05) is 13.8 Å². The lowest BCUT2D eigenvalue weighted by Gasteiger charge is -2.18. The normalized spacial score (nSPS) is 16.5. The second-order valence-electron chi connectivity index (χ2n) is 2.93. The summed E-state index contributed by atoms with van der Waals surface area (Å²) in [7, 11) is 0. The van der Waals surface area contributed by atoms with E-state index in [0.717, 1.165) is 0 Å². The summed E-state index contributed by atoms with van der Waals surface area (Å²) < 4.78 is 0. The number of hydrogen-bond acceptors (Lipinski definition) is 2. The second-order valence-corrected chi connectivity index (χ2v) is 3.43. The van der Waals surface area contributed by atoms with Crippen molar-refractivity contribution in [2.75, 3.05) is 0 Å². The van der Waals surface area contributed by atoms with Crippen molar-refractivity contribution in [3.63, 3.8) is 0 Å². The number of carbonyl (C=O) groups excluding carboxylic acids is 1. The van der Waals surface area contributed by atoms with Gasteiger partial charge in [-0.3, -0.25) is 4.79 Å². The summed E-state index contributed by atoms with van der Waals surface area (Å²) in [4.78, 5) is 10.3. The minimum absolute atomic E-state index is 0.0631. The Morgan fingerprint density at radius 2 is 2.09 bits per heavy atom. The van der Waals surface area contributed by atoms with Gasteiger partial charge in [0.2, 0.25) is 5.91 Å². The Morgan fingerprint density at radius 3 is 2.36 bits per heavy atom. The first-order valence-corrected chi connectivity index (χ1v) is 3.99. The van der Waals surface area contributed by atoms with Crippen LogP contribution in [-0.2, 0) is 4.79 Å². The molecule has 3 nitrogen and oxygen atoms in total. The Balaban J connectivity index is 3.82. The number of aliphatic hydroxyl groups is 1. The smallest absolute Gasteiger partial charge is 0.220 e. The molecule has 0 fully saturated rings. The van der Waals surface area contributed by atoms with Crippen LogP contribution >= 0.6 is 11.6 Å². The molecule has 0 spiro atoms. The van der Waals surface area contributed by atoms with Gasteiger partial charge in [0.15, 0.2) is 0 Å². The molecule has 2 atom stereocenters. The largest absolute Gasteiger partial charge is 0.391 e. The summed E-state index contributed by atoms with van der Waals surface area (Å²) in [6.45, 7) is 3.75. The first kappa shape index (κ1) is 10.7. The Bertz CT molecular complexity index is 138. The van der Waals surface area contributed by atoms with Crippen LogP contribution in [0.15, 0.2) is 0 Å². The number of alkyl halides is 1. The first-order valence-electron chi connectivity index (χ1n) is 3.55. The van der Waals surface area contributed by atoms with Gasteiger partial charge in [-0.25, -0.2) is 0 Å². The summed E-state index contributed by atoms with van der Waals surface area (Å²) in [6.07, 6.45) is -0.888. The molecule has 0 rings (SSSR count). The van der Waals surface area contributed by atoms with E-state index in [1.54, 1.807) is 0 Å². The van der Waals surface area contributed by atoms with Crippen molar-refractivity contribution >= 4 is 17.5 Å². The van der Waals surface area contributed by atoms with Gasteiger partial charge in [-0.1, -0.05) is 13.8 Å². The molecule has 0 aliphatic carbocycles. The van der Waals surface area contributed by atoms with Gasteiger partial charge in [0.1, 0.15) is 0 Å². The number of nitrogens with two attached hydrogens (primary N) is 1. The van der Waals surface area contributed by atoms with Gasteiger partial charge >= 0.3 is 0 Å². The summed E-state index contributed by atoms with van der Waals surface area (Å²) in [5, 5.41) is 8.83. The van der Waals surface area contributed by atoms with E-state index in [-0.39, 0.29) is 12.3 Å². The molecular formula is C7H14ClNO2. The molecule has 2 unspecified atom stereocenters. The molecule has 11 heavy (non-hydrogen) atoms. The molecule has 0 saturated carbocycles. The Hall–Kier alpha value is -0.280. The number of amides is 1. The van der Waals surface area contributed by atoms with Crippen LogP contribution in [0, 0.1) is 5.92 Å². The highest BCUT2D eigenvalue weighted by Gasteiger charge is 2.21. The lowest BCUT2D eigenvalue weighted by molar-refractivity contribution is -0.119. The van der Waals surface area contributed by atoms with Crippen LogP contribution in [0.25, 0.3) is 0 Å². The number of hydrogen-bond donors (Lipinski definition) is 2. The first-order chi connectivity index (χ1) is 4.95. The molecule has 0 radical (unpaired) electrons. The van der Waals surface area contributed by atoms with Gasteiger partial charge < -0.3 is 10.8 Å². The van der Waals surface area contributed by atoms with Crippen molar-refractivity contribution in [3.05, 3.63) is 0 Å². The molecule has 0 saturated heterocycles. The number of rotatable bonds is 4. The van der Waals surface area contributed by atoms with E-state index in [0.29, 0.717) is 0 Å². The van der Waals surface area contributed by atoms with E-state index in [2.05, 4.69) is 0 Å². The molecule has 0 bridgehead atoms. The average molecular weight is 180 g/mol. The summed E-state index contributed by atoms with van der Waals surface area (Å²) in [5.41, 5.74) is 4.87. The maximum absolute atomic E-state index is 10.3. The molecule has 3 N–H and O–H groups in total. The molecule has 4 heteroatoms. The number of primary amides is 1. The third kappa shape index (κ3) is 4.22. The Kier molecular flexibility index (Phi) is 4.45. The van der Waals surface area contributed by atoms with Crippen LogP contribution in [0.1, 0.15) is 20.3 Å². The highest BCUT2D eigenvalue weighted by molar-refractivity contribution is 6.21. The fourth-order valence-corrected chi connectivity index (χ4v) is 0.852. The van der Waals surface area contributed by atoms with Gasteiger partial charge in [-0.2, -0.15) is 0 Å². The van der Waals surface area contributed by atoms with Crippen LogP contribution in [0.5, 0.6) is 0 Å². The van der Waals surface area contributed by atoms with Crippen molar-refractivity contribution in [2.24, 2.45) is 11.7 Å². The Labute approximate surface area is 71.5 Å². The lowest BCUT2D eigenvalue weighted by Crippen LogP contribution is -2.30. The minimum Gasteiger partial charge on any atom is -0.391 e. The third-order valence-corrected chi connectivity index (χ3v) is 2.21. The molecular weight excluding hydrogens is 166 g/mol. The zero-order valence-corrected chi connectivity index (χ0v) is 7.51.